The molecule has 6 heteroatoms. The number of hydrogen-bond acceptors (Lipinski definition) is 4. The molecule has 0 bridgehead atoms. The first-order valence-electron chi connectivity index (χ1n) is 8.27. The van der Waals surface area contributed by atoms with E-state index in [1.807, 2.05) is 40.8 Å². The summed E-state index contributed by atoms with van der Waals surface area (Å²) in [7, 11) is 0. The largest absolute Gasteiger partial charge is 0.392 e. The van der Waals surface area contributed by atoms with E-state index in [1.54, 1.807) is 0 Å². The van der Waals surface area contributed by atoms with E-state index in [9.17, 15) is 9.90 Å². The summed E-state index contributed by atoms with van der Waals surface area (Å²) in [4.78, 5) is 21.3. The highest BCUT2D eigenvalue weighted by molar-refractivity contribution is 5.95. The molecule has 2 saturated heterocycles. The van der Waals surface area contributed by atoms with Crippen molar-refractivity contribution >= 4 is 11.6 Å². The van der Waals surface area contributed by atoms with E-state index >= 15 is 0 Å². The van der Waals surface area contributed by atoms with Gasteiger partial charge in [-0.2, -0.15) is 0 Å². The molecule has 2 aliphatic heterocycles. The second-order valence-corrected chi connectivity index (χ2v) is 6.67. The minimum absolute atomic E-state index is 0.0791. The predicted molar refractivity (Wildman–Crippen MR) is 86.4 cm³/mol. The maximum atomic E-state index is 12.7. The molecule has 23 heavy (non-hydrogen) atoms. The molecule has 122 valence electrons. The highest BCUT2D eigenvalue weighted by Crippen LogP contribution is 2.22. The van der Waals surface area contributed by atoms with E-state index in [1.165, 1.54) is 0 Å². The van der Waals surface area contributed by atoms with Gasteiger partial charge in [-0.25, -0.2) is 4.98 Å². The Morgan fingerprint density at radius 2 is 2.17 bits per heavy atom. The lowest BCUT2D eigenvalue weighted by Crippen LogP contribution is -2.38. The number of aliphatic hydroxyl groups is 1. The Morgan fingerprint density at radius 1 is 1.30 bits per heavy atom. The molecule has 2 aliphatic rings. The summed E-state index contributed by atoms with van der Waals surface area (Å²) in [5.74, 6) is 0.0791. The molecule has 2 aromatic rings. The van der Waals surface area contributed by atoms with Crippen molar-refractivity contribution in [2.45, 2.75) is 31.9 Å². The summed E-state index contributed by atoms with van der Waals surface area (Å²) in [5.41, 5.74) is 2.57. The van der Waals surface area contributed by atoms with Gasteiger partial charge in [-0.3, -0.25) is 9.69 Å². The third-order valence-electron chi connectivity index (χ3n) is 5.11. The van der Waals surface area contributed by atoms with Gasteiger partial charge in [-0.15, -0.1) is 0 Å². The van der Waals surface area contributed by atoms with Crippen molar-refractivity contribution in [1.29, 1.82) is 0 Å². The van der Waals surface area contributed by atoms with Crippen LogP contribution in [-0.2, 0) is 0 Å². The Morgan fingerprint density at radius 3 is 2.96 bits per heavy atom. The number of aliphatic hydroxyl groups excluding tert-OH is 1. The molecule has 2 fully saturated rings. The van der Waals surface area contributed by atoms with E-state index in [0.29, 0.717) is 11.6 Å². The van der Waals surface area contributed by atoms with Crippen LogP contribution in [0.3, 0.4) is 0 Å². The third-order valence-corrected chi connectivity index (χ3v) is 5.11. The summed E-state index contributed by atoms with van der Waals surface area (Å²) in [6.45, 7) is 5.22. The Balaban J connectivity index is 1.48. The fraction of sp³-hybridized carbons (Fsp3) is 0.529. The van der Waals surface area contributed by atoms with Gasteiger partial charge in [0.15, 0.2) is 0 Å². The summed E-state index contributed by atoms with van der Waals surface area (Å²) >= 11 is 0. The predicted octanol–water partition coefficient (Wildman–Crippen LogP) is 0.924. The lowest BCUT2D eigenvalue weighted by Gasteiger charge is -2.23. The van der Waals surface area contributed by atoms with E-state index in [4.69, 9.17) is 0 Å². The summed E-state index contributed by atoms with van der Waals surface area (Å²) < 4.78 is 1.98. The Hall–Kier alpha value is -1.92. The van der Waals surface area contributed by atoms with Gasteiger partial charge >= 0.3 is 0 Å². The van der Waals surface area contributed by atoms with Crippen LogP contribution in [0.1, 0.15) is 28.9 Å². The van der Waals surface area contributed by atoms with Crippen LogP contribution < -0.4 is 0 Å². The monoisotopic (exact) mass is 314 g/mol. The number of carbonyl (C=O) groups is 1. The summed E-state index contributed by atoms with van der Waals surface area (Å²) in [6.07, 6.45) is 5.36. The molecule has 0 spiro atoms. The Labute approximate surface area is 135 Å². The van der Waals surface area contributed by atoms with Crippen LogP contribution in [0.25, 0.3) is 5.65 Å². The number of fused-ring (bicyclic) bond motifs is 1. The lowest BCUT2D eigenvalue weighted by molar-refractivity contribution is 0.0778. The minimum Gasteiger partial charge on any atom is -0.392 e. The van der Waals surface area contributed by atoms with Gasteiger partial charge in [0, 0.05) is 55.9 Å². The second kappa shape index (κ2) is 5.62. The maximum Gasteiger partial charge on any atom is 0.254 e. The van der Waals surface area contributed by atoms with Crippen molar-refractivity contribution in [3.63, 3.8) is 0 Å². The lowest BCUT2D eigenvalue weighted by atomic mass is 10.2. The number of carbonyl (C=O) groups excluding carboxylic acids is 1. The second-order valence-electron chi connectivity index (χ2n) is 6.67. The molecule has 6 nitrogen and oxygen atoms in total. The van der Waals surface area contributed by atoms with E-state index in [-0.39, 0.29) is 12.0 Å². The number of rotatable bonds is 2. The number of imidazole rings is 1. The average molecular weight is 314 g/mol. The molecule has 1 N–H and O–H groups in total. The van der Waals surface area contributed by atoms with E-state index in [0.717, 1.165) is 50.4 Å². The van der Waals surface area contributed by atoms with Crippen LogP contribution in [0.2, 0.25) is 0 Å². The first-order chi connectivity index (χ1) is 11.1. The molecule has 2 atom stereocenters. The van der Waals surface area contributed by atoms with Crippen LogP contribution in [-0.4, -0.2) is 68.5 Å². The van der Waals surface area contributed by atoms with Gasteiger partial charge in [0.25, 0.3) is 5.91 Å². The van der Waals surface area contributed by atoms with Crippen molar-refractivity contribution in [2.75, 3.05) is 26.2 Å². The number of nitrogens with zero attached hydrogens (tertiary/aromatic N) is 4. The first-order valence-corrected chi connectivity index (χ1v) is 8.27. The molecule has 0 aliphatic carbocycles. The van der Waals surface area contributed by atoms with Gasteiger partial charge in [-0.1, -0.05) is 0 Å². The van der Waals surface area contributed by atoms with Gasteiger partial charge in [0.05, 0.1) is 6.10 Å². The quantitative estimate of drug-likeness (QED) is 0.895. The number of amides is 1. The van der Waals surface area contributed by atoms with Gasteiger partial charge in [-0.05, 0) is 31.9 Å². The van der Waals surface area contributed by atoms with Crippen molar-refractivity contribution in [2.24, 2.45) is 0 Å². The number of aromatic nitrogens is 2. The Bertz CT molecular complexity index is 741. The molecular formula is C17H22N4O2. The van der Waals surface area contributed by atoms with Crippen molar-refractivity contribution in [1.82, 2.24) is 19.2 Å². The van der Waals surface area contributed by atoms with E-state index < -0.39 is 0 Å². The fourth-order valence-corrected chi connectivity index (χ4v) is 3.75. The Kier molecular flexibility index (Phi) is 3.58. The average Bonchev–Trinajstić information content (AvgIpc) is 3.26. The van der Waals surface area contributed by atoms with Crippen LogP contribution in [0.15, 0.2) is 24.5 Å². The topological polar surface area (TPSA) is 61.1 Å². The molecule has 0 radical (unpaired) electrons. The minimum atomic E-state index is -0.203. The number of pyridine rings is 1. The van der Waals surface area contributed by atoms with Crippen molar-refractivity contribution in [3.05, 3.63) is 35.8 Å². The maximum absolute atomic E-state index is 12.7. The first kappa shape index (κ1) is 14.7. The zero-order valence-corrected chi connectivity index (χ0v) is 13.4. The molecular weight excluding hydrogens is 292 g/mol. The standard InChI is InChI=1S/C17H22N4O2/c1-12-9-18-16-8-13(2-7-21(12)16)17(23)20-5-3-14(10-20)19-6-4-15(22)11-19/h2,7-9,14-15,22H,3-6,10-11H2,1H3. The van der Waals surface area contributed by atoms with Crippen LogP contribution >= 0.6 is 0 Å². The van der Waals surface area contributed by atoms with E-state index in [2.05, 4.69) is 9.88 Å². The molecule has 2 unspecified atom stereocenters. The number of aryl methyl sites for hydroxylation is 1. The number of likely N-dealkylation sites (tertiary alicyclic amines) is 2. The van der Waals surface area contributed by atoms with Crippen molar-refractivity contribution < 1.29 is 9.90 Å². The third kappa shape index (κ3) is 2.62. The number of β-amino-alcohol motifs (C(OH)–C–C–N with tert-alkyl or cyclic N) is 1. The molecule has 4 heterocycles. The SMILES string of the molecule is Cc1cnc2cc(C(=O)N3CCC(N4CCC(O)C4)C3)ccn12. The molecule has 0 saturated carbocycles. The van der Waals surface area contributed by atoms with Crippen LogP contribution in [0.5, 0.6) is 0 Å². The number of hydrogen-bond donors (Lipinski definition) is 1. The zero-order chi connectivity index (χ0) is 16.0. The molecule has 0 aromatic carbocycles. The van der Waals surface area contributed by atoms with Gasteiger partial charge in [0.2, 0.25) is 0 Å². The highest BCUT2D eigenvalue weighted by Gasteiger charge is 2.34. The zero-order valence-electron chi connectivity index (χ0n) is 13.4. The fourth-order valence-electron chi connectivity index (χ4n) is 3.75. The van der Waals surface area contributed by atoms with Crippen LogP contribution in [0.4, 0.5) is 0 Å². The van der Waals surface area contributed by atoms with Crippen LogP contribution in [0, 0.1) is 6.92 Å². The highest BCUT2D eigenvalue weighted by atomic mass is 16.3. The molecule has 4 rings (SSSR count). The van der Waals surface area contributed by atoms with Gasteiger partial charge < -0.3 is 14.4 Å². The molecule has 2 aromatic heterocycles. The summed E-state index contributed by atoms with van der Waals surface area (Å²) in [5, 5.41) is 9.68. The normalized spacial score (nSPS) is 25.6. The molecule has 1 amide bonds. The van der Waals surface area contributed by atoms with Gasteiger partial charge in [0.1, 0.15) is 5.65 Å². The summed E-state index contributed by atoms with van der Waals surface area (Å²) in [6, 6.07) is 4.12. The smallest absolute Gasteiger partial charge is 0.254 e. The van der Waals surface area contributed by atoms with Crippen molar-refractivity contribution in [3.8, 4) is 0 Å².